The quantitative estimate of drug-likeness (QED) is 0.392. The minimum absolute atomic E-state index is 0.337. The number of fused-ring (bicyclic) bond motifs is 1. The molecular weight excluding hydrogens is 435 g/mol. The second-order valence-corrected chi connectivity index (χ2v) is 7.89. The highest BCUT2D eigenvalue weighted by Gasteiger charge is 2.20. The van der Waals surface area contributed by atoms with Crippen LogP contribution in [0.1, 0.15) is 41.2 Å². The highest BCUT2D eigenvalue weighted by Crippen LogP contribution is 2.36. The second kappa shape index (κ2) is 9.51. The fraction of sp³-hybridized carbons (Fsp3) is 0.269. The van der Waals surface area contributed by atoms with E-state index in [2.05, 4.69) is 15.4 Å². The smallest absolute Gasteiger partial charge is 0.259 e. The van der Waals surface area contributed by atoms with Gasteiger partial charge in [0.25, 0.3) is 5.91 Å². The van der Waals surface area contributed by atoms with Crippen molar-refractivity contribution >= 4 is 17.2 Å². The molecule has 2 aromatic carbocycles. The Hall–Kier alpha value is -3.94. The lowest BCUT2D eigenvalue weighted by atomic mass is 10.1. The molecule has 0 aliphatic heterocycles. The molecule has 7 nitrogen and oxygen atoms in total. The molecule has 2 aromatic heterocycles. The molecule has 176 valence electrons. The summed E-state index contributed by atoms with van der Waals surface area (Å²) in [4.78, 5) is 17.6. The van der Waals surface area contributed by atoms with Crippen molar-refractivity contribution in [2.24, 2.45) is 0 Å². The summed E-state index contributed by atoms with van der Waals surface area (Å²) in [5.74, 6) is 0.650. The Morgan fingerprint density at radius 3 is 2.47 bits per heavy atom. The minimum atomic E-state index is -0.351. The summed E-state index contributed by atoms with van der Waals surface area (Å²) >= 11 is 0. The standard InChI is InChI=1S/C26H27FN4O3/c1-6-33-22-11-8-18(13-23(22)34-7-2)24-16(4)30-31-17(5)20(14-28-25(24)31)26(32)29-21-10-9-19(27)12-15(21)3/h8-14H,6-7H2,1-5H3,(H,29,32). The summed E-state index contributed by atoms with van der Waals surface area (Å²) in [6.07, 6.45) is 1.54. The third-order valence-electron chi connectivity index (χ3n) is 5.57. The van der Waals surface area contributed by atoms with Gasteiger partial charge in [0, 0.05) is 17.4 Å². The number of hydrogen-bond donors (Lipinski definition) is 1. The molecule has 0 unspecified atom stereocenters. The number of carbonyl (C=O) groups excluding carboxylic acids is 1. The molecule has 0 atom stereocenters. The van der Waals surface area contributed by atoms with Crippen LogP contribution in [-0.4, -0.2) is 33.7 Å². The third-order valence-corrected chi connectivity index (χ3v) is 5.57. The normalized spacial score (nSPS) is 11.0. The first-order chi connectivity index (χ1) is 16.3. The molecule has 1 N–H and O–H groups in total. The van der Waals surface area contributed by atoms with Gasteiger partial charge in [-0.2, -0.15) is 5.10 Å². The summed E-state index contributed by atoms with van der Waals surface area (Å²) in [6.45, 7) is 10.4. The average Bonchev–Trinajstić information content (AvgIpc) is 3.14. The van der Waals surface area contributed by atoms with E-state index in [9.17, 15) is 9.18 Å². The Labute approximate surface area is 197 Å². The minimum Gasteiger partial charge on any atom is -0.490 e. The van der Waals surface area contributed by atoms with Crippen LogP contribution in [-0.2, 0) is 0 Å². The molecule has 4 rings (SSSR count). The number of hydrogen-bond acceptors (Lipinski definition) is 5. The van der Waals surface area contributed by atoms with Crippen LogP contribution in [0.15, 0.2) is 42.6 Å². The van der Waals surface area contributed by atoms with Crippen molar-refractivity contribution in [1.29, 1.82) is 0 Å². The van der Waals surface area contributed by atoms with Crippen LogP contribution in [0.5, 0.6) is 11.5 Å². The Kier molecular flexibility index (Phi) is 6.49. The summed E-state index contributed by atoms with van der Waals surface area (Å²) in [5.41, 5.74) is 5.36. The zero-order valence-corrected chi connectivity index (χ0v) is 19.9. The van der Waals surface area contributed by atoms with Crippen molar-refractivity contribution in [3.8, 4) is 22.6 Å². The molecule has 0 saturated heterocycles. The van der Waals surface area contributed by atoms with Gasteiger partial charge in [0.15, 0.2) is 17.1 Å². The van der Waals surface area contributed by atoms with Crippen LogP contribution in [0, 0.1) is 26.6 Å². The molecular formula is C26H27FN4O3. The van der Waals surface area contributed by atoms with Crippen molar-refractivity contribution in [2.45, 2.75) is 34.6 Å². The van der Waals surface area contributed by atoms with E-state index in [1.807, 2.05) is 45.9 Å². The van der Waals surface area contributed by atoms with E-state index in [4.69, 9.17) is 9.47 Å². The van der Waals surface area contributed by atoms with Crippen molar-refractivity contribution in [3.05, 3.63) is 70.9 Å². The number of anilines is 1. The lowest BCUT2D eigenvalue weighted by molar-refractivity contribution is 0.102. The molecule has 34 heavy (non-hydrogen) atoms. The van der Waals surface area contributed by atoms with Gasteiger partial charge < -0.3 is 14.8 Å². The summed E-state index contributed by atoms with van der Waals surface area (Å²) in [6, 6.07) is 9.99. The predicted octanol–water partition coefficient (Wildman–Crippen LogP) is 5.51. The van der Waals surface area contributed by atoms with Crippen LogP contribution < -0.4 is 14.8 Å². The molecule has 0 fully saturated rings. The number of nitrogens with one attached hydrogen (secondary N) is 1. The number of amides is 1. The van der Waals surface area contributed by atoms with Gasteiger partial charge in [-0.1, -0.05) is 6.07 Å². The molecule has 0 aliphatic rings. The zero-order chi connectivity index (χ0) is 24.4. The van der Waals surface area contributed by atoms with Crippen LogP contribution in [0.3, 0.4) is 0 Å². The number of carbonyl (C=O) groups is 1. The van der Waals surface area contributed by atoms with E-state index in [1.54, 1.807) is 23.7 Å². The summed E-state index contributed by atoms with van der Waals surface area (Å²) in [5, 5.41) is 7.49. The van der Waals surface area contributed by atoms with Crippen LogP contribution in [0.4, 0.5) is 10.1 Å². The molecule has 0 aliphatic carbocycles. The highest BCUT2D eigenvalue weighted by molar-refractivity contribution is 6.05. The molecule has 0 radical (unpaired) electrons. The molecule has 4 aromatic rings. The maximum absolute atomic E-state index is 13.4. The van der Waals surface area contributed by atoms with Crippen molar-refractivity contribution in [3.63, 3.8) is 0 Å². The van der Waals surface area contributed by atoms with E-state index >= 15 is 0 Å². The first-order valence-electron chi connectivity index (χ1n) is 11.2. The van der Waals surface area contributed by atoms with Crippen molar-refractivity contribution in [2.75, 3.05) is 18.5 Å². The Balaban J connectivity index is 1.74. The number of benzene rings is 2. The first-order valence-corrected chi connectivity index (χ1v) is 11.2. The Bertz CT molecular complexity index is 1380. The van der Waals surface area contributed by atoms with E-state index < -0.39 is 0 Å². The van der Waals surface area contributed by atoms with E-state index in [0.29, 0.717) is 52.9 Å². The van der Waals surface area contributed by atoms with Crippen LogP contribution >= 0.6 is 0 Å². The number of aromatic nitrogens is 3. The molecule has 0 spiro atoms. The van der Waals surface area contributed by atoms with E-state index in [0.717, 1.165) is 16.8 Å². The number of nitrogens with zero attached hydrogens (tertiary/aromatic N) is 3. The molecule has 0 bridgehead atoms. The second-order valence-electron chi connectivity index (χ2n) is 7.89. The maximum atomic E-state index is 13.4. The fourth-order valence-electron chi connectivity index (χ4n) is 3.93. The SMILES string of the molecule is CCOc1ccc(-c2c(C)nn3c(C)c(C(=O)Nc4ccc(F)cc4C)cnc23)cc1OCC. The number of ether oxygens (including phenoxy) is 2. The molecule has 8 heteroatoms. The lowest BCUT2D eigenvalue weighted by Crippen LogP contribution is -2.16. The van der Waals surface area contributed by atoms with Crippen LogP contribution in [0.2, 0.25) is 0 Å². The van der Waals surface area contributed by atoms with Gasteiger partial charge in [-0.25, -0.2) is 13.9 Å². The Morgan fingerprint density at radius 1 is 1.03 bits per heavy atom. The largest absolute Gasteiger partial charge is 0.490 e. The van der Waals surface area contributed by atoms with Gasteiger partial charge in [0.2, 0.25) is 0 Å². The van der Waals surface area contributed by atoms with Gasteiger partial charge in [-0.15, -0.1) is 0 Å². The summed E-state index contributed by atoms with van der Waals surface area (Å²) < 4.78 is 26.5. The van der Waals surface area contributed by atoms with Gasteiger partial charge in [-0.05, 0) is 76.1 Å². The van der Waals surface area contributed by atoms with Crippen molar-refractivity contribution in [1.82, 2.24) is 14.6 Å². The van der Waals surface area contributed by atoms with E-state index in [1.165, 1.54) is 12.1 Å². The Morgan fingerprint density at radius 2 is 1.76 bits per heavy atom. The number of rotatable bonds is 7. The molecule has 1 amide bonds. The number of aryl methyl sites for hydroxylation is 3. The molecule has 2 heterocycles. The van der Waals surface area contributed by atoms with Gasteiger partial charge in [0.1, 0.15) is 5.82 Å². The highest BCUT2D eigenvalue weighted by atomic mass is 19.1. The lowest BCUT2D eigenvalue weighted by Gasteiger charge is -2.13. The maximum Gasteiger partial charge on any atom is 0.259 e. The van der Waals surface area contributed by atoms with Crippen LogP contribution in [0.25, 0.3) is 16.8 Å². The van der Waals surface area contributed by atoms with Gasteiger partial charge in [0.05, 0.1) is 30.2 Å². The molecule has 0 saturated carbocycles. The monoisotopic (exact) mass is 462 g/mol. The van der Waals surface area contributed by atoms with Gasteiger partial charge >= 0.3 is 0 Å². The van der Waals surface area contributed by atoms with E-state index in [-0.39, 0.29) is 11.7 Å². The topological polar surface area (TPSA) is 77.8 Å². The average molecular weight is 463 g/mol. The first kappa shape index (κ1) is 23.2. The third kappa shape index (κ3) is 4.31. The summed E-state index contributed by atoms with van der Waals surface area (Å²) in [7, 11) is 0. The number of halogens is 1. The zero-order valence-electron chi connectivity index (χ0n) is 19.9. The van der Waals surface area contributed by atoms with Crippen molar-refractivity contribution < 1.29 is 18.7 Å². The predicted molar refractivity (Wildman–Crippen MR) is 129 cm³/mol. The fourth-order valence-corrected chi connectivity index (χ4v) is 3.93. The van der Waals surface area contributed by atoms with Gasteiger partial charge in [-0.3, -0.25) is 4.79 Å².